The zero-order valence-corrected chi connectivity index (χ0v) is 14.2. The van der Waals surface area contributed by atoms with Crippen molar-refractivity contribution in [2.45, 2.75) is 77.4 Å². The van der Waals surface area contributed by atoms with E-state index in [1.165, 1.54) is 58.0 Å². The van der Waals surface area contributed by atoms with E-state index in [-0.39, 0.29) is 6.10 Å². The number of aliphatic hydroxyl groups is 1. The predicted octanol–water partition coefficient (Wildman–Crippen LogP) is 3.03. The Morgan fingerprint density at radius 1 is 1.14 bits per heavy atom. The number of β-amino-alcohol motifs (C(OH)–C–C–N with tert-alkyl or cyclic N) is 1. The maximum Gasteiger partial charge on any atom is 0.0667 e. The van der Waals surface area contributed by atoms with Gasteiger partial charge in [0.25, 0.3) is 0 Å². The monoisotopic (exact) mass is 296 g/mol. The van der Waals surface area contributed by atoms with Gasteiger partial charge in [-0.3, -0.25) is 0 Å². The van der Waals surface area contributed by atoms with Gasteiger partial charge in [-0.25, -0.2) is 0 Å². The Kier molecular flexibility index (Phi) is 7.48. The minimum Gasteiger partial charge on any atom is -0.392 e. The number of hydrogen-bond donors (Lipinski definition) is 2. The number of aliphatic hydroxyl groups excluding tert-OH is 1. The third kappa shape index (κ3) is 5.54. The van der Waals surface area contributed by atoms with Crippen molar-refractivity contribution in [3.63, 3.8) is 0 Å². The molecule has 2 aliphatic rings. The summed E-state index contributed by atoms with van der Waals surface area (Å²) in [6, 6.07) is 0.706. The van der Waals surface area contributed by atoms with E-state index in [9.17, 15) is 5.11 Å². The third-order valence-corrected chi connectivity index (χ3v) is 5.42. The molecule has 0 aromatic heterocycles. The summed E-state index contributed by atoms with van der Waals surface area (Å²) in [6.45, 7) is 9.01. The van der Waals surface area contributed by atoms with E-state index in [0.29, 0.717) is 6.04 Å². The van der Waals surface area contributed by atoms with Crippen LogP contribution >= 0.6 is 0 Å². The van der Waals surface area contributed by atoms with Crippen molar-refractivity contribution in [2.24, 2.45) is 11.8 Å². The predicted molar refractivity (Wildman–Crippen MR) is 89.5 cm³/mol. The van der Waals surface area contributed by atoms with Crippen molar-refractivity contribution in [3.05, 3.63) is 0 Å². The molecule has 2 fully saturated rings. The lowest BCUT2D eigenvalue weighted by Gasteiger charge is -2.41. The Morgan fingerprint density at radius 3 is 2.71 bits per heavy atom. The smallest absolute Gasteiger partial charge is 0.0667 e. The highest BCUT2D eigenvalue weighted by Gasteiger charge is 2.31. The third-order valence-electron chi connectivity index (χ3n) is 5.42. The fourth-order valence-electron chi connectivity index (χ4n) is 4.36. The first kappa shape index (κ1) is 17.2. The summed E-state index contributed by atoms with van der Waals surface area (Å²) in [5.74, 6) is 1.72. The van der Waals surface area contributed by atoms with Crippen molar-refractivity contribution in [2.75, 3.05) is 26.2 Å². The molecule has 1 aliphatic carbocycles. The molecule has 2 N–H and O–H groups in total. The Balaban J connectivity index is 1.88. The van der Waals surface area contributed by atoms with Gasteiger partial charge >= 0.3 is 0 Å². The van der Waals surface area contributed by atoms with Gasteiger partial charge in [-0.2, -0.15) is 0 Å². The van der Waals surface area contributed by atoms with Gasteiger partial charge in [-0.15, -0.1) is 0 Å². The molecule has 0 spiro atoms. The van der Waals surface area contributed by atoms with Crippen molar-refractivity contribution in [1.82, 2.24) is 10.2 Å². The zero-order chi connectivity index (χ0) is 15.1. The normalized spacial score (nSPS) is 35.0. The van der Waals surface area contributed by atoms with Crippen LogP contribution in [0, 0.1) is 11.8 Å². The van der Waals surface area contributed by atoms with Crippen LogP contribution in [-0.2, 0) is 0 Å². The van der Waals surface area contributed by atoms with Crippen LogP contribution < -0.4 is 5.32 Å². The van der Waals surface area contributed by atoms with Gasteiger partial charge in [-0.05, 0) is 63.5 Å². The molecule has 1 aliphatic heterocycles. The number of nitrogens with zero attached hydrogens (tertiary/aromatic N) is 1. The Hall–Kier alpha value is -0.120. The first-order valence-corrected chi connectivity index (χ1v) is 9.36. The van der Waals surface area contributed by atoms with Gasteiger partial charge in [0.1, 0.15) is 0 Å². The molecule has 2 rings (SSSR count). The van der Waals surface area contributed by atoms with Crippen molar-refractivity contribution >= 4 is 0 Å². The van der Waals surface area contributed by atoms with E-state index in [1.807, 2.05) is 0 Å². The topological polar surface area (TPSA) is 35.5 Å². The molecule has 0 amide bonds. The van der Waals surface area contributed by atoms with Crippen LogP contribution in [0.3, 0.4) is 0 Å². The number of nitrogens with one attached hydrogen (secondary N) is 1. The van der Waals surface area contributed by atoms with E-state index in [1.54, 1.807) is 0 Å². The molecule has 0 radical (unpaired) electrons. The van der Waals surface area contributed by atoms with E-state index in [2.05, 4.69) is 24.1 Å². The first-order chi connectivity index (χ1) is 10.2. The Bertz CT molecular complexity index is 284. The molecule has 0 aromatic carbocycles. The summed E-state index contributed by atoms with van der Waals surface area (Å²) in [5.41, 5.74) is 0. The molecule has 0 bridgehead atoms. The fourth-order valence-corrected chi connectivity index (χ4v) is 4.36. The molecule has 1 saturated heterocycles. The van der Waals surface area contributed by atoms with E-state index in [0.717, 1.165) is 31.3 Å². The van der Waals surface area contributed by atoms with Gasteiger partial charge in [0.05, 0.1) is 6.10 Å². The second-order valence-corrected chi connectivity index (χ2v) is 7.34. The lowest BCUT2D eigenvalue weighted by Crippen LogP contribution is -2.48. The highest BCUT2D eigenvalue weighted by molar-refractivity contribution is 4.87. The number of piperidine rings is 1. The summed E-state index contributed by atoms with van der Waals surface area (Å²) in [7, 11) is 0. The standard InChI is InChI=1S/C18H36N2O/c1-3-6-15-8-9-18(19-10-4-2)16(12-15)13-20-11-5-7-17(21)14-20/h15-19,21H,3-14H2,1-2H3. The maximum absolute atomic E-state index is 9.90. The molecule has 3 nitrogen and oxygen atoms in total. The second-order valence-electron chi connectivity index (χ2n) is 7.34. The average Bonchev–Trinajstić information content (AvgIpc) is 2.47. The number of rotatable bonds is 7. The van der Waals surface area contributed by atoms with Crippen molar-refractivity contribution in [3.8, 4) is 0 Å². The molecule has 1 heterocycles. The van der Waals surface area contributed by atoms with Gasteiger partial charge in [0.2, 0.25) is 0 Å². The number of likely N-dealkylation sites (tertiary alicyclic amines) is 1. The quantitative estimate of drug-likeness (QED) is 0.758. The highest BCUT2D eigenvalue weighted by atomic mass is 16.3. The van der Waals surface area contributed by atoms with Gasteiger partial charge in [0, 0.05) is 19.1 Å². The fraction of sp³-hybridized carbons (Fsp3) is 1.00. The van der Waals surface area contributed by atoms with Crippen molar-refractivity contribution in [1.29, 1.82) is 0 Å². The van der Waals surface area contributed by atoms with Crippen molar-refractivity contribution < 1.29 is 5.11 Å². The number of hydrogen-bond acceptors (Lipinski definition) is 3. The first-order valence-electron chi connectivity index (χ1n) is 9.36. The highest BCUT2D eigenvalue weighted by Crippen LogP contribution is 2.33. The van der Waals surface area contributed by atoms with Crippen LogP contribution in [-0.4, -0.2) is 48.3 Å². The summed E-state index contributed by atoms with van der Waals surface area (Å²) in [5, 5.41) is 13.7. The largest absolute Gasteiger partial charge is 0.392 e. The van der Waals surface area contributed by atoms with Crippen LogP contribution in [0.15, 0.2) is 0 Å². The van der Waals surface area contributed by atoms with E-state index in [4.69, 9.17) is 0 Å². The molecule has 4 unspecified atom stereocenters. The maximum atomic E-state index is 9.90. The van der Waals surface area contributed by atoms with Crippen LogP contribution in [0.25, 0.3) is 0 Å². The molecule has 1 saturated carbocycles. The Labute approximate surface area is 131 Å². The molecule has 0 aromatic rings. The lowest BCUT2D eigenvalue weighted by molar-refractivity contribution is 0.0481. The summed E-state index contributed by atoms with van der Waals surface area (Å²) < 4.78 is 0. The summed E-state index contributed by atoms with van der Waals surface area (Å²) in [4.78, 5) is 2.52. The minimum absolute atomic E-state index is 0.0872. The van der Waals surface area contributed by atoms with Gasteiger partial charge in [-0.1, -0.05) is 26.7 Å². The molecular formula is C18H36N2O. The van der Waals surface area contributed by atoms with Crippen LogP contribution in [0.5, 0.6) is 0 Å². The summed E-state index contributed by atoms with van der Waals surface area (Å²) in [6.07, 6.45) is 10.2. The van der Waals surface area contributed by atoms with Gasteiger partial charge in [0.15, 0.2) is 0 Å². The summed E-state index contributed by atoms with van der Waals surface area (Å²) >= 11 is 0. The zero-order valence-electron chi connectivity index (χ0n) is 14.2. The van der Waals surface area contributed by atoms with Gasteiger partial charge < -0.3 is 15.3 Å². The van der Waals surface area contributed by atoms with Crippen LogP contribution in [0.2, 0.25) is 0 Å². The molecule has 21 heavy (non-hydrogen) atoms. The SMILES string of the molecule is CCCNC1CCC(CCC)CC1CN1CCCC(O)C1. The molecular weight excluding hydrogens is 260 g/mol. The lowest BCUT2D eigenvalue weighted by atomic mass is 9.76. The molecule has 4 atom stereocenters. The average molecular weight is 296 g/mol. The van der Waals surface area contributed by atoms with E-state index >= 15 is 0 Å². The minimum atomic E-state index is -0.0872. The van der Waals surface area contributed by atoms with E-state index < -0.39 is 0 Å². The second kappa shape index (κ2) is 9.12. The molecule has 124 valence electrons. The molecule has 3 heteroatoms. The Morgan fingerprint density at radius 2 is 2.00 bits per heavy atom. The van der Waals surface area contributed by atoms with Crippen LogP contribution in [0.4, 0.5) is 0 Å². The van der Waals surface area contributed by atoms with Crippen LogP contribution in [0.1, 0.15) is 65.2 Å².